The Balaban J connectivity index is 1.64. The van der Waals surface area contributed by atoms with Gasteiger partial charge in [-0.25, -0.2) is 4.79 Å². The molecule has 0 N–H and O–H groups in total. The highest BCUT2D eigenvalue weighted by atomic mass is 79.9. The number of rotatable bonds is 1. The van der Waals surface area contributed by atoms with Crippen LogP contribution in [-0.4, -0.2) is 6.73 Å². The molecule has 144 valence electrons. The number of hydrogen-bond donors (Lipinski definition) is 0. The van der Waals surface area contributed by atoms with Crippen molar-refractivity contribution in [3.05, 3.63) is 66.4 Å². The number of aryl methyl sites for hydroxylation is 2. The molecule has 0 fully saturated rings. The van der Waals surface area contributed by atoms with Crippen molar-refractivity contribution in [3.63, 3.8) is 0 Å². The van der Waals surface area contributed by atoms with Gasteiger partial charge in [-0.05, 0) is 62.4 Å². The van der Waals surface area contributed by atoms with Gasteiger partial charge in [0.25, 0.3) is 0 Å². The van der Waals surface area contributed by atoms with E-state index in [1.807, 2.05) is 25.1 Å². The van der Waals surface area contributed by atoms with Gasteiger partial charge in [0.1, 0.15) is 11.3 Å². The second kappa shape index (κ2) is 6.82. The zero-order valence-electron chi connectivity index (χ0n) is 15.5. The molecule has 6 heteroatoms. The first-order chi connectivity index (χ1) is 13.5. The number of ether oxygens (including phenoxy) is 1. The molecule has 0 saturated heterocycles. The van der Waals surface area contributed by atoms with Gasteiger partial charge in [0, 0.05) is 33.1 Å². The number of anilines is 1. The van der Waals surface area contributed by atoms with Crippen LogP contribution in [0.3, 0.4) is 0 Å². The maximum Gasteiger partial charge on any atom is 0.339 e. The molecule has 0 bridgehead atoms. The summed E-state index contributed by atoms with van der Waals surface area (Å²) < 4.78 is 12.8. The summed E-state index contributed by atoms with van der Waals surface area (Å²) >= 11 is 9.90. The third kappa shape index (κ3) is 2.83. The Bertz CT molecular complexity index is 1170. The molecule has 1 aromatic heterocycles. The predicted octanol–water partition coefficient (Wildman–Crippen LogP) is 5.75. The number of halogens is 2. The predicted molar refractivity (Wildman–Crippen MR) is 115 cm³/mol. The van der Waals surface area contributed by atoms with Crippen LogP contribution < -0.4 is 15.3 Å². The Morgan fingerprint density at radius 2 is 1.93 bits per heavy atom. The molecule has 4 nitrogen and oxygen atoms in total. The summed E-state index contributed by atoms with van der Waals surface area (Å²) in [4.78, 5) is 14.6. The van der Waals surface area contributed by atoms with E-state index in [0.29, 0.717) is 23.9 Å². The van der Waals surface area contributed by atoms with E-state index in [1.165, 1.54) is 0 Å². The molecule has 0 spiro atoms. The van der Waals surface area contributed by atoms with Crippen molar-refractivity contribution in [3.8, 4) is 5.75 Å². The summed E-state index contributed by atoms with van der Waals surface area (Å²) in [6.07, 6.45) is 3.89. The largest absolute Gasteiger partial charge is 0.472 e. The zero-order valence-corrected chi connectivity index (χ0v) is 17.8. The molecule has 2 aromatic carbocycles. The van der Waals surface area contributed by atoms with Gasteiger partial charge in [-0.2, -0.15) is 0 Å². The minimum Gasteiger partial charge on any atom is -0.472 e. The van der Waals surface area contributed by atoms with Gasteiger partial charge in [-0.1, -0.05) is 27.5 Å². The molecular formula is C22H19BrClNO3. The minimum atomic E-state index is -0.190. The van der Waals surface area contributed by atoms with Crippen molar-refractivity contribution in [1.82, 2.24) is 0 Å². The monoisotopic (exact) mass is 459 g/mol. The number of benzene rings is 2. The van der Waals surface area contributed by atoms with Gasteiger partial charge in [-0.15, -0.1) is 0 Å². The van der Waals surface area contributed by atoms with Crippen molar-refractivity contribution in [2.24, 2.45) is 0 Å². The lowest BCUT2D eigenvalue weighted by Crippen LogP contribution is -2.32. The van der Waals surface area contributed by atoms with E-state index in [1.54, 1.807) is 0 Å². The highest BCUT2D eigenvalue weighted by molar-refractivity contribution is 9.10. The van der Waals surface area contributed by atoms with Crippen molar-refractivity contribution in [2.75, 3.05) is 11.6 Å². The van der Waals surface area contributed by atoms with E-state index in [-0.39, 0.29) is 5.63 Å². The summed E-state index contributed by atoms with van der Waals surface area (Å²) in [5.74, 6) is 0.816. The standard InChI is InChI=1S/C22H19BrClNO3/c1-12-20-13(10-25(11-27-20)19-7-6-14(23)9-18(19)24)8-17-15-4-2-3-5-16(15)22(26)28-21(12)17/h6-9H,2-5,10-11H2,1H3. The lowest BCUT2D eigenvalue weighted by atomic mass is 9.89. The lowest BCUT2D eigenvalue weighted by Gasteiger charge is -2.32. The molecule has 1 aliphatic carbocycles. The van der Waals surface area contributed by atoms with Crippen LogP contribution in [-0.2, 0) is 19.4 Å². The Kier molecular flexibility index (Phi) is 4.40. The Labute approximate surface area is 176 Å². The lowest BCUT2D eigenvalue weighted by molar-refractivity contribution is 0.287. The summed E-state index contributed by atoms with van der Waals surface area (Å²) in [6, 6.07) is 8.01. The summed E-state index contributed by atoms with van der Waals surface area (Å²) in [5, 5.41) is 1.74. The first-order valence-electron chi connectivity index (χ1n) is 9.47. The van der Waals surface area contributed by atoms with Gasteiger partial charge >= 0.3 is 5.63 Å². The number of hydrogen-bond acceptors (Lipinski definition) is 4. The average Bonchev–Trinajstić information content (AvgIpc) is 2.69. The van der Waals surface area contributed by atoms with E-state index in [0.717, 1.165) is 69.2 Å². The minimum absolute atomic E-state index is 0.190. The van der Waals surface area contributed by atoms with E-state index in [2.05, 4.69) is 26.9 Å². The van der Waals surface area contributed by atoms with Gasteiger partial charge in [0.05, 0.1) is 10.7 Å². The third-order valence-electron chi connectivity index (χ3n) is 5.75. The van der Waals surface area contributed by atoms with Crippen LogP contribution in [0.4, 0.5) is 5.69 Å². The van der Waals surface area contributed by atoms with Crippen LogP contribution in [0.1, 0.15) is 35.1 Å². The molecule has 5 rings (SSSR count). The van der Waals surface area contributed by atoms with Crippen molar-refractivity contribution >= 4 is 44.2 Å². The van der Waals surface area contributed by atoms with E-state index < -0.39 is 0 Å². The summed E-state index contributed by atoms with van der Waals surface area (Å²) in [6.45, 7) is 3.07. The normalized spacial score (nSPS) is 15.9. The van der Waals surface area contributed by atoms with Gasteiger partial charge < -0.3 is 14.1 Å². The first kappa shape index (κ1) is 18.1. The van der Waals surface area contributed by atoms with E-state index >= 15 is 0 Å². The molecule has 3 aromatic rings. The van der Waals surface area contributed by atoms with E-state index in [9.17, 15) is 4.79 Å². The van der Waals surface area contributed by atoms with Gasteiger partial charge in [0.2, 0.25) is 0 Å². The topological polar surface area (TPSA) is 42.7 Å². The second-order valence-corrected chi connectivity index (χ2v) is 8.81. The van der Waals surface area contributed by atoms with Crippen LogP contribution in [0.2, 0.25) is 5.02 Å². The maximum atomic E-state index is 12.5. The van der Waals surface area contributed by atoms with Crippen molar-refractivity contribution in [2.45, 2.75) is 39.2 Å². The molecule has 0 amide bonds. The molecule has 0 atom stereocenters. The Morgan fingerprint density at radius 3 is 2.71 bits per heavy atom. The number of nitrogens with zero attached hydrogens (tertiary/aromatic N) is 1. The van der Waals surface area contributed by atoms with Crippen LogP contribution >= 0.6 is 27.5 Å². The molecule has 1 aliphatic heterocycles. The van der Waals surface area contributed by atoms with Crippen molar-refractivity contribution in [1.29, 1.82) is 0 Å². The molecule has 28 heavy (non-hydrogen) atoms. The smallest absolute Gasteiger partial charge is 0.339 e. The molecule has 2 heterocycles. The number of fused-ring (bicyclic) bond motifs is 4. The molecule has 2 aliphatic rings. The Morgan fingerprint density at radius 1 is 1.14 bits per heavy atom. The van der Waals surface area contributed by atoms with Crippen LogP contribution in [0.5, 0.6) is 5.75 Å². The van der Waals surface area contributed by atoms with Crippen LogP contribution in [0.25, 0.3) is 11.0 Å². The van der Waals surface area contributed by atoms with E-state index in [4.69, 9.17) is 20.8 Å². The SMILES string of the molecule is Cc1c2c(cc3c4c(c(=O)oc13)CCCC4)CN(c1ccc(Br)cc1Cl)CO2. The highest BCUT2D eigenvalue weighted by Gasteiger charge is 2.26. The molecular weight excluding hydrogens is 442 g/mol. The van der Waals surface area contributed by atoms with Crippen LogP contribution in [0.15, 0.2) is 37.9 Å². The fraction of sp³-hybridized carbons (Fsp3) is 0.318. The van der Waals surface area contributed by atoms with Gasteiger partial charge in [-0.3, -0.25) is 0 Å². The quantitative estimate of drug-likeness (QED) is 0.434. The second-order valence-electron chi connectivity index (χ2n) is 7.49. The summed E-state index contributed by atoms with van der Waals surface area (Å²) in [7, 11) is 0. The van der Waals surface area contributed by atoms with Crippen LogP contribution in [0, 0.1) is 6.92 Å². The molecule has 0 unspecified atom stereocenters. The Hall–Kier alpha value is -1.98. The van der Waals surface area contributed by atoms with Gasteiger partial charge in [0.15, 0.2) is 6.73 Å². The molecule has 0 radical (unpaired) electrons. The average molecular weight is 461 g/mol. The third-order valence-corrected chi connectivity index (χ3v) is 6.54. The fourth-order valence-electron chi connectivity index (χ4n) is 4.39. The maximum absolute atomic E-state index is 12.5. The van der Waals surface area contributed by atoms with Crippen molar-refractivity contribution < 1.29 is 9.15 Å². The first-order valence-corrected chi connectivity index (χ1v) is 10.6. The fourth-order valence-corrected chi connectivity index (χ4v) is 5.19. The summed E-state index contributed by atoms with van der Waals surface area (Å²) in [5.41, 5.74) is 5.42. The zero-order chi connectivity index (χ0) is 19.4. The highest BCUT2D eigenvalue weighted by Crippen LogP contribution is 2.40. The molecule has 0 saturated carbocycles.